The molecule has 0 N–H and O–H groups in total. The van der Waals surface area contributed by atoms with Gasteiger partial charge in [0.15, 0.2) is 0 Å². The van der Waals surface area contributed by atoms with E-state index >= 15 is 0 Å². The summed E-state index contributed by atoms with van der Waals surface area (Å²) < 4.78 is 16.3. The molecule has 2 aromatic rings. The van der Waals surface area contributed by atoms with E-state index in [1.807, 2.05) is 50.2 Å². The van der Waals surface area contributed by atoms with Crippen molar-refractivity contribution in [3.05, 3.63) is 54.1 Å². The van der Waals surface area contributed by atoms with Crippen LogP contribution in [0.4, 0.5) is 0 Å². The predicted octanol–water partition coefficient (Wildman–Crippen LogP) is 6.20. The normalized spacial score (nSPS) is 17.1. The summed E-state index contributed by atoms with van der Waals surface area (Å²) >= 11 is 0. The maximum absolute atomic E-state index is 12.5. The van der Waals surface area contributed by atoms with Crippen molar-refractivity contribution in [2.24, 2.45) is 5.41 Å². The number of esters is 2. The Labute approximate surface area is 191 Å². The number of unbranched alkanes of at least 4 members (excludes halogenated alkanes) is 5. The van der Waals surface area contributed by atoms with Crippen molar-refractivity contribution in [2.75, 3.05) is 13.2 Å². The highest BCUT2D eigenvalue weighted by atomic mass is 16.6. The molecule has 1 saturated heterocycles. The number of hydrogen-bond acceptors (Lipinski definition) is 5. The molecular formula is C27H34O5. The Balaban J connectivity index is 1.50. The summed E-state index contributed by atoms with van der Waals surface area (Å²) in [6.07, 6.45) is 6.60. The summed E-state index contributed by atoms with van der Waals surface area (Å²) in [5, 5.41) is 0. The Morgan fingerprint density at radius 2 is 1.53 bits per heavy atom. The largest absolute Gasteiger partial charge is 0.494 e. The van der Waals surface area contributed by atoms with Crippen LogP contribution in [0, 0.1) is 5.41 Å². The molecule has 0 aromatic heterocycles. The highest BCUT2D eigenvalue weighted by Gasteiger charge is 2.46. The Bertz CT molecular complexity index is 883. The highest BCUT2D eigenvalue weighted by molar-refractivity contribution is 5.92. The molecule has 3 rings (SSSR count). The van der Waals surface area contributed by atoms with E-state index in [0.29, 0.717) is 5.56 Å². The van der Waals surface area contributed by atoms with Crippen molar-refractivity contribution in [2.45, 2.75) is 65.4 Å². The molecule has 1 atom stereocenters. The number of hydrogen-bond donors (Lipinski definition) is 0. The Kier molecular flexibility index (Phi) is 8.32. The van der Waals surface area contributed by atoms with Crippen LogP contribution in [0.1, 0.15) is 69.7 Å². The maximum Gasteiger partial charge on any atom is 0.348 e. The molecule has 1 aliphatic rings. The van der Waals surface area contributed by atoms with Crippen molar-refractivity contribution in [3.63, 3.8) is 0 Å². The lowest BCUT2D eigenvalue weighted by Crippen LogP contribution is -2.34. The minimum Gasteiger partial charge on any atom is -0.494 e. The van der Waals surface area contributed by atoms with Crippen molar-refractivity contribution in [1.82, 2.24) is 0 Å². The zero-order valence-electron chi connectivity index (χ0n) is 19.4. The van der Waals surface area contributed by atoms with Crippen LogP contribution < -0.4 is 4.74 Å². The van der Waals surface area contributed by atoms with Gasteiger partial charge in [0.1, 0.15) is 12.4 Å². The van der Waals surface area contributed by atoms with Crippen molar-refractivity contribution in [1.29, 1.82) is 0 Å². The Morgan fingerprint density at radius 3 is 2.12 bits per heavy atom. The van der Waals surface area contributed by atoms with E-state index in [1.165, 1.54) is 32.1 Å². The molecule has 1 fully saturated rings. The zero-order chi connectivity index (χ0) is 23.0. The molecule has 2 aromatic carbocycles. The summed E-state index contributed by atoms with van der Waals surface area (Å²) in [5.41, 5.74) is 1.91. The van der Waals surface area contributed by atoms with Gasteiger partial charge in [-0.25, -0.2) is 9.59 Å². The number of benzene rings is 2. The third-order valence-corrected chi connectivity index (χ3v) is 5.81. The third-order valence-electron chi connectivity index (χ3n) is 5.81. The molecule has 32 heavy (non-hydrogen) atoms. The predicted molar refractivity (Wildman–Crippen MR) is 125 cm³/mol. The molecule has 0 spiro atoms. The SMILES string of the molecule is CCCCCCCCOc1ccc(-c2ccc(C(=O)O[C@H]3C(=O)OCC3(C)C)cc2)cc1. The molecule has 5 nitrogen and oxygen atoms in total. The summed E-state index contributed by atoms with van der Waals surface area (Å²) in [6, 6.07) is 15.2. The van der Waals surface area contributed by atoms with Crippen molar-refractivity contribution in [3.8, 4) is 16.9 Å². The summed E-state index contributed by atoms with van der Waals surface area (Å²) in [6.45, 7) is 6.92. The second kappa shape index (κ2) is 11.2. The van der Waals surface area contributed by atoms with Gasteiger partial charge in [0.25, 0.3) is 0 Å². The van der Waals surface area contributed by atoms with E-state index in [9.17, 15) is 9.59 Å². The minimum absolute atomic E-state index is 0.251. The van der Waals surface area contributed by atoms with Crippen LogP contribution in [0.2, 0.25) is 0 Å². The van der Waals surface area contributed by atoms with Crippen LogP contribution in [-0.4, -0.2) is 31.3 Å². The van der Waals surface area contributed by atoms with E-state index in [0.717, 1.165) is 29.9 Å². The fourth-order valence-electron chi connectivity index (χ4n) is 3.73. The molecule has 1 aliphatic heterocycles. The topological polar surface area (TPSA) is 61.8 Å². The van der Waals surface area contributed by atoms with Crippen LogP contribution in [0.5, 0.6) is 5.75 Å². The third kappa shape index (κ3) is 6.35. The Hall–Kier alpha value is -2.82. The van der Waals surface area contributed by atoms with Gasteiger partial charge in [-0.15, -0.1) is 0 Å². The molecule has 172 valence electrons. The number of carbonyl (C=O) groups is 2. The van der Waals surface area contributed by atoms with Crippen molar-refractivity contribution >= 4 is 11.9 Å². The first kappa shape index (κ1) is 23.8. The molecule has 1 heterocycles. The molecule has 0 amide bonds. The number of cyclic esters (lactones) is 1. The van der Waals surface area contributed by atoms with Gasteiger partial charge in [0, 0.05) is 5.41 Å². The van der Waals surface area contributed by atoms with Crippen molar-refractivity contribution < 1.29 is 23.8 Å². The van der Waals surface area contributed by atoms with Gasteiger partial charge in [-0.05, 0) is 41.8 Å². The van der Waals surface area contributed by atoms with Crippen LogP contribution in [-0.2, 0) is 14.3 Å². The van der Waals surface area contributed by atoms with Crippen LogP contribution in [0.3, 0.4) is 0 Å². The van der Waals surface area contributed by atoms with E-state index in [2.05, 4.69) is 6.92 Å². The number of carbonyl (C=O) groups excluding carboxylic acids is 2. The zero-order valence-corrected chi connectivity index (χ0v) is 19.4. The van der Waals surface area contributed by atoms with E-state index < -0.39 is 23.5 Å². The van der Waals surface area contributed by atoms with E-state index in [1.54, 1.807) is 12.1 Å². The van der Waals surface area contributed by atoms with Crippen LogP contribution >= 0.6 is 0 Å². The first-order valence-electron chi connectivity index (χ1n) is 11.6. The van der Waals surface area contributed by atoms with E-state index in [-0.39, 0.29) is 6.61 Å². The lowest BCUT2D eigenvalue weighted by atomic mass is 9.90. The smallest absolute Gasteiger partial charge is 0.348 e. The van der Waals surface area contributed by atoms with Gasteiger partial charge in [0.2, 0.25) is 6.10 Å². The second-order valence-corrected chi connectivity index (χ2v) is 9.10. The molecule has 5 heteroatoms. The monoisotopic (exact) mass is 438 g/mol. The Morgan fingerprint density at radius 1 is 0.938 bits per heavy atom. The number of ether oxygens (including phenoxy) is 3. The molecule has 0 saturated carbocycles. The first-order valence-corrected chi connectivity index (χ1v) is 11.6. The first-order chi connectivity index (χ1) is 15.4. The minimum atomic E-state index is -0.876. The average Bonchev–Trinajstić information content (AvgIpc) is 3.06. The molecule has 0 unspecified atom stereocenters. The molecule has 0 radical (unpaired) electrons. The summed E-state index contributed by atoms with van der Waals surface area (Å²) in [7, 11) is 0. The van der Waals surface area contributed by atoms with E-state index in [4.69, 9.17) is 14.2 Å². The quantitative estimate of drug-likeness (QED) is 0.309. The van der Waals surface area contributed by atoms with Gasteiger partial charge >= 0.3 is 11.9 Å². The summed E-state index contributed by atoms with van der Waals surface area (Å²) in [4.78, 5) is 24.3. The van der Waals surface area contributed by atoms with Crippen LogP contribution in [0.25, 0.3) is 11.1 Å². The summed E-state index contributed by atoms with van der Waals surface area (Å²) in [5.74, 6) is -0.140. The average molecular weight is 439 g/mol. The van der Waals surface area contributed by atoms with Gasteiger partial charge in [-0.3, -0.25) is 0 Å². The van der Waals surface area contributed by atoms with Gasteiger partial charge in [-0.1, -0.05) is 77.1 Å². The fourth-order valence-corrected chi connectivity index (χ4v) is 3.73. The molecule has 0 aliphatic carbocycles. The lowest BCUT2D eigenvalue weighted by molar-refractivity contribution is -0.145. The molecule has 0 bridgehead atoms. The van der Waals surface area contributed by atoms with Gasteiger partial charge in [-0.2, -0.15) is 0 Å². The fraction of sp³-hybridized carbons (Fsp3) is 0.481. The number of rotatable bonds is 11. The lowest BCUT2D eigenvalue weighted by Gasteiger charge is -2.21. The maximum atomic E-state index is 12.5. The van der Waals surface area contributed by atoms with Gasteiger partial charge in [0.05, 0.1) is 12.2 Å². The van der Waals surface area contributed by atoms with Crippen LogP contribution in [0.15, 0.2) is 48.5 Å². The standard InChI is InChI=1S/C27H34O5/c1-4-5-6-7-8-9-18-30-23-16-14-21(15-17-23)20-10-12-22(13-11-20)25(28)32-24-26(29)31-19-27(24,2)3/h10-17,24H,4-9,18-19H2,1-3H3/t24-/m0/s1. The second-order valence-electron chi connectivity index (χ2n) is 9.10. The highest BCUT2D eigenvalue weighted by Crippen LogP contribution is 2.32. The van der Waals surface area contributed by atoms with Gasteiger partial charge < -0.3 is 14.2 Å². The molecular weight excluding hydrogens is 404 g/mol.